The maximum Gasteiger partial charge on any atom is 0.158 e. The lowest BCUT2D eigenvalue weighted by Crippen LogP contribution is -2.11. The van der Waals surface area contributed by atoms with Crippen LogP contribution in [-0.2, 0) is 21.3 Å². The van der Waals surface area contributed by atoms with Gasteiger partial charge < -0.3 is 10.3 Å². The highest BCUT2D eigenvalue weighted by Gasteiger charge is 2.19. The average molecular weight is 324 g/mol. The molecule has 0 atom stereocenters. The lowest BCUT2D eigenvalue weighted by Gasteiger charge is -2.05. The van der Waals surface area contributed by atoms with Gasteiger partial charge in [0, 0.05) is 11.1 Å². The highest BCUT2D eigenvalue weighted by molar-refractivity contribution is 7.89. The molecular formula is C14H16N2O3S2. The molecule has 2 N–H and O–H groups in total. The Hall–Kier alpha value is -1.73. The first-order valence-corrected chi connectivity index (χ1v) is 8.52. The Kier molecular flexibility index (Phi) is 4.43. The quantitative estimate of drug-likeness (QED) is 0.847. The SMILES string of the molecule is Cc1noc(C)c1CS(=O)(=O)Cc1ccc(C(N)=S)cc1. The van der Waals surface area contributed by atoms with Gasteiger partial charge in [0.2, 0.25) is 0 Å². The average Bonchev–Trinajstić information content (AvgIpc) is 2.70. The van der Waals surface area contributed by atoms with Crippen molar-refractivity contribution < 1.29 is 12.9 Å². The molecule has 1 aromatic heterocycles. The van der Waals surface area contributed by atoms with Crippen LogP contribution < -0.4 is 5.73 Å². The molecule has 0 aliphatic heterocycles. The number of benzene rings is 1. The molecule has 0 spiro atoms. The molecule has 2 rings (SSSR count). The second kappa shape index (κ2) is 5.95. The highest BCUT2D eigenvalue weighted by atomic mass is 32.2. The third-order valence-electron chi connectivity index (χ3n) is 3.17. The van der Waals surface area contributed by atoms with Gasteiger partial charge in [-0.2, -0.15) is 0 Å². The van der Waals surface area contributed by atoms with E-state index < -0.39 is 9.84 Å². The Morgan fingerprint density at radius 1 is 1.24 bits per heavy atom. The molecule has 7 heteroatoms. The molecule has 0 fully saturated rings. The van der Waals surface area contributed by atoms with E-state index in [1.54, 1.807) is 38.1 Å². The van der Waals surface area contributed by atoms with E-state index in [1.807, 2.05) is 0 Å². The van der Waals surface area contributed by atoms with Crippen LogP contribution in [0.25, 0.3) is 0 Å². The summed E-state index contributed by atoms with van der Waals surface area (Å²) in [6.45, 7) is 3.44. The van der Waals surface area contributed by atoms with Gasteiger partial charge in [-0.05, 0) is 19.4 Å². The fraction of sp³-hybridized carbons (Fsp3) is 0.286. The Morgan fingerprint density at radius 2 is 1.86 bits per heavy atom. The predicted molar refractivity (Wildman–Crippen MR) is 84.6 cm³/mol. The largest absolute Gasteiger partial charge is 0.389 e. The van der Waals surface area contributed by atoms with E-state index in [2.05, 4.69) is 5.16 Å². The lowest BCUT2D eigenvalue weighted by atomic mass is 10.1. The monoisotopic (exact) mass is 324 g/mol. The first kappa shape index (κ1) is 15.7. The molecule has 0 radical (unpaired) electrons. The van der Waals surface area contributed by atoms with Crippen molar-refractivity contribution in [2.24, 2.45) is 5.73 Å². The molecule has 1 aromatic carbocycles. The van der Waals surface area contributed by atoms with Crippen molar-refractivity contribution in [2.75, 3.05) is 0 Å². The van der Waals surface area contributed by atoms with Crippen molar-refractivity contribution in [3.05, 3.63) is 52.4 Å². The molecule has 0 amide bonds. The number of aromatic nitrogens is 1. The molecule has 1 heterocycles. The van der Waals surface area contributed by atoms with Gasteiger partial charge in [0.25, 0.3) is 0 Å². The van der Waals surface area contributed by atoms with E-state index >= 15 is 0 Å². The molecule has 0 aliphatic rings. The fourth-order valence-corrected chi connectivity index (χ4v) is 3.79. The first-order valence-electron chi connectivity index (χ1n) is 6.29. The Labute approximate surface area is 129 Å². The number of nitrogens with zero attached hydrogens (tertiary/aromatic N) is 1. The Balaban J connectivity index is 2.16. The Bertz CT molecular complexity index is 743. The van der Waals surface area contributed by atoms with Crippen LogP contribution in [0.3, 0.4) is 0 Å². The number of thiocarbonyl (C=S) groups is 1. The van der Waals surface area contributed by atoms with E-state index in [0.717, 1.165) is 5.56 Å². The third kappa shape index (κ3) is 3.89. The predicted octanol–water partition coefficient (Wildman–Crippen LogP) is 2.04. The summed E-state index contributed by atoms with van der Waals surface area (Å²) in [5, 5.41) is 3.77. The van der Waals surface area contributed by atoms with Crippen molar-refractivity contribution in [2.45, 2.75) is 25.4 Å². The second-order valence-corrected chi connectivity index (χ2v) is 7.40. The summed E-state index contributed by atoms with van der Waals surface area (Å²) in [7, 11) is -3.30. The topological polar surface area (TPSA) is 86.2 Å². The summed E-state index contributed by atoms with van der Waals surface area (Å²) < 4.78 is 29.5. The zero-order valence-corrected chi connectivity index (χ0v) is 13.4. The standard InChI is InChI=1S/C14H16N2O3S2/c1-9-13(10(2)19-16-9)8-21(17,18)7-11-3-5-12(6-4-11)14(15)20/h3-6H,7-8H2,1-2H3,(H2,15,20). The van der Waals surface area contributed by atoms with Gasteiger partial charge in [0.1, 0.15) is 10.7 Å². The summed E-state index contributed by atoms with van der Waals surface area (Å²) in [6.07, 6.45) is 0. The van der Waals surface area contributed by atoms with Gasteiger partial charge in [-0.3, -0.25) is 0 Å². The van der Waals surface area contributed by atoms with Gasteiger partial charge >= 0.3 is 0 Å². The van der Waals surface area contributed by atoms with Crippen LogP contribution in [0.2, 0.25) is 0 Å². The van der Waals surface area contributed by atoms with E-state index in [0.29, 0.717) is 27.6 Å². The van der Waals surface area contributed by atoms with Crippen LogP contribution in [-0.4, -0.2) is 18.6 Å². The molecule has 0 bridgehead atoms. The van der Waals surface area contributed by atoms with Crippen LogP contribution in [0.1, 0.15) is 28.1 Å². The maximum atomic E-state index is 12.3. The van der Waals surface area contributed by atoms with Gasteiger partial charge in [0.05, 0.1) is 17.2 Å². The number of aryl methyl sites for hydroxylation is 2. The number of nitrogens with two attached hydrogens (primary N) is 1. The molecular weight excluding hydrogens is 308 g/mol. The van der Waals surface area contributed by atoms with E-state index in [9.17, 15) is 8.42 Å². The summed E-state index contributed by atoms with van der Waals surface area (Å²) in [5.74, 6) is 0.416. The maximum absolute atomic E-state index is 12.3. The van der Waals surface area contributed by atoms with Crippen LogP contribution in [0, 0.1) is 13.8 Å². The molecule has 0 unspecified atom stereocenters. The van der Waals surface area contributed by atoms with Gasteiger partial charge in [-0.1, -0.05) is 41.6 Å². The van der Waals surface area contributed by atoms with E-state index in [-0.39, 0.29) is 11.5 Å². The first-order chi connectivity index (χ1) is 9.78. The molecule has 0 saturated heterocycles. The fourth-order valence-electron chi connectivity index (χ4n) is 2.00. The smallest absolute Gasteiger partial charge is 0.158 e. The number of hydrogen-bond donors (Lipinski definition) is 1. The number of rotatable bonds is 5. The van der Waals surface area contributed by atoms with Gasteiger partial charge in [-0.15, -0.1) is 0 Å². The third-order valence-corrected chi connectivity index (χ3v) is 4.91. The van der Waals surface area contributed by atoms with Gasteiger partial charge in [-0.25, -0.2) is 8.42 Å². The van der Waals surface area contributed by atoms with Crippen molar-refractivity contribution in [3.8, 4) is 0 Å². The molecule has 21 heavy (non-hydrogen) atoms. The lowest BCUT2D eigenvalue weighted by molar-refractivity contribution is 0.392. The van der Waals surface area contributed by atoms with Crippen molar-refractivity contribution in [3.63, 3.8) is 0 Å². The zero-order valence-electron chi connectivity index (χ0n) is 11.8. The van der Waals surface area contributed by atoms with Gasteiger partial charge in [0.15, 0.2) is 9.84 Å². The number of sulfone groups is 1. The highest BCUT2D eigenvalue weighted by Crippen LogP contribution is 2.18. The summed E-state index contributed by atoms with van der Waals surface area (Å²) in [6, 6.07) is 6.89. The molecule has 0 saturated carbocycles. The Morgan fingerprint density at radius 3 is 2.33 bits per heavy atom. The molecule has 5 nitrogen and oxygen atoms in total. The van der Waals surface area contributed by atoms with Crippen molar-refractivity contribution >= 4 is 27.0 Å². The minimum absolute atomic E-state index is 0.0470. The summed E-state index contributed by atoms with van der Waals surface area (Å²) in [4.78, 5) is 0.292. The summed E-state index contributed by atoms with van der Waals surface area (Å²) >= 11 is 4.86. The zero-order chi connectivity index (χ0) is 15.6. The summed E-state index contributed by atoms with van der Waals surface area (Å²) in [5.41, 5.74) is 8.17. The van der Waals surface area contributed by atoms with Crippen LogP contribution in [0.4, 0.5) is 0 Å². The molecule has 2 aromatic rings. The van der Waals surface area contributed by atoms with E-state index in [4.69, 9.17) is 22.5 Å². The minimum Gasteiger partial charge on any atom is -0.389 e. The van der Waals surface area contributed by atoms with Crippen LogP contribution >= 0.6 is 12.2 Å². The minimum atomic E-state index is -3.30. The van der Waals surface area contributed by atoms with E-state index in [1.165, 1.54) is 0 Å². The number of hydrogen-bond acceptors (Lipinski definition) is 5. The van der Waals surface area contributed by atoms with Crippen LogP contribution in [0.15, 0.2) is 28.8 Å². The normalized spacial score (nSPS) is 11.5. The molecule has 0 aliphatic carbocycles. The van der Waals surface area contributed by atoms with Crippen LogP contribution in [0.5, 0.6) is 0 Å². The second-order valence-electron chi connectivity index (χ2n) is 4.90. The van der Waals surface area contributed by atoms with Crippen molar-refractivity contribution in [1.29, 1.82) is 0 Å². The molecule has 112 valence electrons. The van der Waals surface area contributed by atoms with Crippen molar-refractivity contribution in [1.82, 2.24) is 5.16 Å².